The van der Waals surface area contributed by atoms with Crippen LogP contribution in [-0.2, 0) is 16.0 Å². The van der Waals surface area contributed by atoms with Gasteiger partial charge in [-0.05, 0) is 17.5 Å². The van der Waals surface area contributed by atoms with E-state index in [0.29, 0.717) is 29.8 Å². The zero-order valence-electron chi connectivity index (χ0n) is 17.9. The van der Waals surface area contributed by atoms with Crippen LogP contribution in [0.25, 0.3) is 22.4 Å². The molecule has 6 nitrogen and oxygen atoms in total. The van der Waals surface area contributed by atoms with Gasteiger partial charge in [-0.2, -0.15) is 0 Å². The molecule has 0 saturated heterocycles. The average Bonchev–Trinajstić information content (AvgIpc) is 2.82. The first-order chi connectivity index (χ1) is 15.0. The molecule has 0 amide bonds. The Labute approximate surface area is 181 Å². The standard InChI is InChI=1S/C25H25NO5/c1-4-5-16-26-22(18-14-10-7-11-15-18)20(24(28)30-2)19(17-12-8-6-9-13-17)21(23(26)27)25(29)31-3/h6-15H,4-5,16H2,1-3H3. The first-order valence-electron chi connectivity index (χ1n) is 10.1. The molecule has 0 spiro atoms. The number of hydrogen-bond donors (Lipinski definition) is 0. The summed E-state index contributed by atoms with van der Waals surface area (Å²) in [4.78, 5) is 39.5. The number of benzene rings is 2. The molecule has 160 valence electrons. The number of hydrogen-bond acceptors (Lipinski definition) is 5. The topological polar surface area (TPSA) is 74.6 Å². The Kier molecular flexibility index (Phi) is 7.03. The van der Waals surface area contributed by atoms with E-state index in [-0.39, 0.29) is 16.7 Å². The second kappa shape index (κ2) is 9.89. The van der Waals surface area contributed by atoms with Crippen molar-refractivity contribution in [1.29, 1.82) is 0 Å². The van der Waals surface area contributed by atoms with Crippen LogP contribution in [0.3, 0.4) is 0 Å². The van der Waals surface area contributed by atoms with Crippen LogP contribution in [0.1, 0.15) is 40.5 Å². The van der Waals surface area contributed by atoms with Crippen molar-refractivity contribution in [2.24, 2.45) is 0 Å². The molecule has 1 heterocycles. The monoisotopic (exact) mass is 419 g/mol. The molecular weight excluding hydrogens is 394 g/mol. The number of ether oxygens (including phenoxy) is 2. The smallest absolute Gasteiger partial charge is 0.344 e. The van der Waals surface area contributed by atoms with Gasteiger partial charge < -0.3 is 14.0 Å². The van der Waals surface area contributed by atoms with E-state index in [0.717, 1.165) is 6.42 Å². The third kappa shape index (κ3) is 4.28. The highest BCUT2D eigenvalue weighted by atomic mass is 16.5. The average molecular weight is 419 g/mol. The Bertz CT molecular complexity index is 1130. The molecule has 0 fully saturated rings. The third-order valence-electron chi connectivity index (χ3n) is 5.09. The van der Waals surface area contributed by atoms with Gasteiger partial charge in [0.25, 0.3) is 5.56 Å². The van der Waals surface area contributed by atoms with Crippen LogP contribution >= 0.6 is 0 Å². The van der Waals surface area contributed by atoms with Crippen molar-refractivity contribution in [1.82, 2.24) is 4.57 Å². The summed E-state index contributed by atoms with van der Waals surface area (Å²) in [5, 5.41) is 0. The molecule has 0 radical (unpaired) electrons. The summed E-state index contributed by atoms with van der Waals surface area (Å²) in [6.45, 7) is 2.36. The van der Waals surface area contributed by atoms with E-state index in [1.165, 1.54) is 18.8 Å². The number of methoxy groups -OCH3 is 2. The van der Waals surface area contributed by atoms with E-state index >= 15 is 0 Å². The van der Waals surface area contributed by atoms with Crippen LogP contribution in [0.5, 0.6) is 0 Å². The molecule has 0 aliphatic heterocycles. The van der Waals surface area contributed by atoms with E-state index in [1.54, 1.807) is 24.3 Å². The number of nitrogens with zero attached hydrogens (tertiary/aromatic N) is 1. The molecule has 0 aliphatic rings. The summed E-state index contributed by atoms with van der Waals surface area (Å²) in [5.74, 6) is -1.42. The molecule has 0 unspecified atom stereocenters. The van der Waals surface area contributed by atoms with E-state index in [9.17, 15) is 14.4 Å². The van der Waals surface area contributed by atoms with Crippen molar-refractivity contribution in [3.8, 4) is 22.4 Å². The van der Waals surface area contributed by atoms with Crippen molar-refractivity contribution >= 4 is 11.9 Å². The van der Waals surface area contributed by atoms with E-state index in [4.69, 9.17) is 9.47 Å². The van der Waals surface area contributed by atoms with Gasteiger partial charge in [0.05, 0.1) is 25.5 Å². The lowest BCUT2D eigenvalue weighted by Gasteiger charge is -2.22. The van der Waals surface area contributed by atoms with Crippen molar-refractivity contribution in [3.63, 3.8) is 0 Å². The van der Waals surface area contributed by atoms with Crippen LogP contribution in [0.2, 0.25) is 0 Å². The van der Waals surface area contributed by atoms with Crippen LogP contribution in [0.15, 0.2) is 65.5 Å². The number of carbonyl (C=O) groups excluding carboxylic acids is 2. The molecular formula is C25H25NO5. The zero-order valence-corrected chi connectivity index (χ0v) is 17.9. The summed E-state index contributed by atoms with van der Waals surface area (Å²) in [5.41, 5.74) is 1.38. The van der Waals surface area contributed by atoms with Gasteiger partial charge in [-0.25, -0.2) is 9.59 Å². The molecule has 2 aromatic carbocycles. The van der Waals surface area contributed by atoms with Gasteiger partial charge in [0.15, 0.2) is 0 Å². The maximum atomic E-state index is 13.6. The Morgan fingerprint density at radius 1 is 0.806 bits per heavy atom. The molecule has 0 atom stereocenters. The van der Waals surface area contributed by atoms with Crippen molar-refractivity contribution < 1.29 is 19.1 Å². The number of aromatic nitrogens is 1. The summed E-state index contributed by atoms with van der Waals surface area (Å²) < 4.78 is 11.6. The van der Waals surface area contributed by atoms with Gasteiger partial charge in [-0.1, -0.05) is 74.0 Å². The predicted molar refractivity (Wildman–Crippen MR) is 119 cm³/mol. The highest BCUT2D eigenvalue weighted by Crippen LogP contribution is 2.34. The van der Waals surface area contributed by atoms with Crippen molar-refractivity contribution in [3.05, 3.63) is 82.1 Å². The highest BCUT2D eigenvalue weighted by Gasteiger charge is 2.31. The largest absolute Gasteiger partial charge is 0.465 e. The van der Waals surface area contributed by atoms with Crippen molar-refractivity contribution in [2.75, 3.05) is 14.2 Å². The normalized spacial score (nSPS) is 10.5. The first kappa shape index (κ1) is 22.0. The second-order valence-electron chi connectivity index (χ2n) is 7.00. The van der Waals surface area contributed by atoms with Crippen molar-refractivity contribution in [2.45, 2.75) is 26.3 Å². The molecule has 3 rings (SSSR count). The summed E-state index contributed by atoms with van der Waals surface area (Å²) in [6.07, 6.45) is 1.54. The summed E-state index contributed by atoms with van der Waals surface area (Å²) >= 11 is 0. The lowest BCUT2D eigenvalue weighted by atomic mass is 9.91. The number of carbonyl (C=O) groups is 2. The fourth-order valence-electron chi connectivity index (χ4n) is 3.63. The maximum absolute atomic E-state index is 13.6. The summed E-state index contributed by atoms with van der Waals surface area (Å²) in [7, 11) is 2.50. The molecule has 0 bridgehead atoms. The Balaban J connectivity index is 2.57. The lowest BCUT2D eigenvalue weighted by molar-refractivity contribution is 0.0598. The minimum Gasteiger partial charge on any atom is -0.465 e. The maximum Gasteiger partial charge on any atom is 0.344 e. The van der Waals surface area contributed by atoms with E-state index < -0.39 is 17.5 Å². The van der Waals surface area contributed by atoms with Gasteiger partial charge in [-0.15, -0.1) is 0 Å². The Hall–Kier alpha value is -3.67. The number of esters is 2. The molecule has 0 aliphatic carbocycles. The van der Waals surface area contributed by atoms with E-state index in [2.05, 4.69) is 0 Å². The van der Waals surface area contributed by atoms with Crippen LogP contribution in [-0.4, -0.2) is 30.7 Å². The Morgan fingerprint density at radius 3 is 1.84 bits per heavy atom. The minimum atomic E-state index is -0.793. The van der Waals surface area contributed by atoms with Gasteiger partial charge in [0.1, 0.15) is 5.56 Å². The molecule has 1 aromatic heterocycles. The number of pyridine rings is 1. The quantitative estimate of drug-likeness (QED) is 0.525. The zero-order chi connectivity index (χ0) is 22.4. The van der Waals surface area contributed by atoms with Gasteiger partial charge in [0.2, 0.25) is 0 Å². The van der Waals surface area contributed by atoms with E-state index in [1.807, 2.05) is 43.3 Å². The third-order valence-corrected chi connectivity index (χ3v) is 5.09. The molecule has 0 N–H and O–H groups in total. The van der Waals surface area contributed by atoms with Gasteiger partial charge in [0, 0.05) is 12.1 Å². The van der Waals surface area contributed by atoms with Crippen LogP contribution in [0, 0.1) is 0 Å². The fraction of sp³-hybridized carbons (Fsp3) is 0.240. The lowest BCUT2D eigenvalue weighted by Crippen LogP contribution is -2.32. The Morgan fingerprint density at radius 2 is 1.32 bits per heavy atom. The molecule has 31 heavy (non-hydrogen) atoms. The molecule has 0 saturated carbocycles. The van der Waals surface area contributed by atoms with Crippen LogP contribution < -0.4 is 5.56 Å². The molecule has 6 heteroatoms. The van der Waals surface area contributed by atoms with Crippen LogP contribution in [0.4, 0.5) is 0 Å². The second-order valence-corrected chi connectivity index (χ2v) is 7.00. The SMILES string of the molecule is CCCCn1c(-c2ccccc2)c(C(=O)OC)c(-c2ccccc2)c(C(=O)OC)c1=O. The van der Waals surface area contributed by atoms with Gasteiger partial charge in [-0.3, -0.25) is 4.79 Å². The minimum absolute atomic E-state index is 0.163. The predicted octanol–water partition coefficient (Wildman–Crippen LogP) is 4.56. The number of rotatable bonds is 7. The number of unbranched alkanes of at least 4 members (excludes halogenated alkanes) is 1. The highest BCUT2D eigenvalue weighted by molar-refractivity contribution is 6.09. The molecule has 3 aromatic rings. The first-order valence-corrected chi connectivity index (χ1v) is 10.1. The van der Waals surface area contributed by atoms with Gasteiger partial charge >= 0.3 is 11.9 Å². The fourth-order valence-corrected chi connectivity index (χ4v) is 3.63. The summed E-state index contributed by atoms with van der Waals surface area (Å²) in [6, 6.07) is 18.1.